The van der Waals surface area contributed by atoms with Crippen LogP contribution < -0.4 is 11.1 Å². The molecule has 1 aromatic carbocycles. The maximum atomic E-state index is 11.6. The van der Waals surface area contributed by atoms with Gasteiger partial charge in [0.2, 0.25) is 5.91 Å². The average molecular weight is 297 g/mol. The fourth-order valence-electron chi connectivity index (χ4n) is 1.39. The molecule has 1 aromatic heterocycles. The first-order valence-electron chi connectivity index (χ1n) is 4.82. The van der Waals surface area contributed by atoms with Crippen molar-refractivity contribution in [2.24, 2.45) is 5.73 Å². The number of carbonyl (C=O) groups excluding carboxylic acids is 2. The molecule has 0 saturated carbocycles. The van der Waals surface area contributed by atoms with Crippen LogP contribution in [0.2, 0.25) is 0 Å². The molecule has 6 heteroatoms. The van der Waals surface area contributed by atoms with Gasteiger partial charge >= 0.3 is 0 Å². The summed E-state index contributed by atoms with van der Waals surface area (Å²) in [5, 5.41) is 3.17. The third-order valence-electron chi connectivity index (χ3n) is 2.14. The molecule has 0 spiro atoms. The number of rotatable bonds is 3. The summed E-state index contributed by atoms with van der Waals surface area (Å²) in [6.45, 7) is -0.211. The molecule has 17 heavy (non-hydrogen) atoms. The number of benzene rings is 1. The van der Waals surface area contributed by atoms with Gasteiger partial charge in [-0.05, 0) is 28.1 Å². The van der Waals surface area contributed by atoms with Crippen molar-refractivity contribution in [3.8, 4) is 0 Å². The van der Waals surface area contributed by atoms with Crippen molar-refractivity contribution in [2.45, 2.75) is 0 Å². The van der Waals surface area contributed by atoms with Gasteiger partial charge in [0, 0.05) is 5.39 Å². The van der Waals surface area contributed by atoms with Crippen LogP contribution in [-0.4, -0.2) is 18.4 Å². The number of primary amides is 1. The zero-order chi connectivity index (χ0) is 12.4. The molecule has 0 radical (unpaired) electrons. The van der Waals surface area contributed by atoms with Crippen LogP contribution in [-0.2, 0) is 4.79 Å². The van der Waals surface area contributed by atoms with Gasteiger partial charge in [0.15, 0.2) is 5.76 Å². The number of hydrogen-bond acceptors (Lipinski definition) is 3. The molecule has 0 fully saturated rings. The van der Waals surface area contributed by atoms with Crippen molar-refractivity contribution in [1.29, 1.82) is 0 Å². The highest BCUT2D eigenvalue weighted by Crippen LogP contribution is 2.26. The first-order valence-corrected chi connectivity index (χ1v) is 5.62. The highest BCUT2D eigenvalue weighted by molar-refractivity contribution is 9.10. The SMILES string of the molecule is NC(=O)CNC(=O)c1cc2cccc(Br)c2o1. The number of hydrogen-bond donors (Lipinski definition) is 2. The van der Waals surface area contributed by atoms with Gasteiger partial charge in [-0.15, -0.1) is 0 Å². The summed E-state index contributed by atoms with van der Waals surface area (Å²) in [7, 11) is 0. The lowest BCUT2D eigenvalue weighted by Gasteiger charge is -1.98. The predicted octanol–water partition coefficient (Wildman–Crippen LogP) is 1.41. The summed E-state index contributed by atoms with van der Waals surface area (Å²) in [6.07, 6.45) is 0. The summed E-state index contributed by atoms with van der Waals surface area (Å²) in [6, 6.07) is 7.09. The number of para-hydroxylation sites is 1. The van der Waals surface area contributed by atoms with Gasteiger partial charge in [-0.2, -0.15) is 0 Å². The van der Waals surface area contributed by atoms with Crippen molar-refractivity contribution in [3.05, 3.63) is 34.5 Å². The second-order valence-electron chi connectivity index (χ2n) is 3.42. The normalized spacial score (nSPS) is 10.4. The molecule has 0 saturated heterocycles. The Morgan fingerprint density at radius 2 is 2.18 bits per heavy atom. The minimum atomic E-state index is -0.601. The number of furan rings is 1. The fraction of sp³-hybridized carbons (Fsp3) is 0.0909. The maximum absolute atomic E-state index is 11.6. The number of nitrogens with two attached hydrogens (primary N) is 1. The minimum absolute atomic E-state index is 0.146. The number of amides is 2. The Morgan fingerprint density at radius 1 is 1.41 bits per heavy atom. The number of carbonyl (C=O) groups is 2. The Kier molecular flexibility index (Phi) is 3.14. The Hall–Kier alpha value is -1.82. The molecule has 2 aromatic rings. The Morgan fingerprint density at radius 3 is 2.82 bits per heavy atom. The van der Waals surface area contributed by atoms with E-state index >= 15 is 0 Å². The van der Waals surface area contributed by atoms with Gasteiger partial charge in [0.25, 0.3) is 5.91 Å². The molecule has 88 valence electrons. The second-order valence-corrected chi connectivity index (χ2v) is 4.27. The Bertz CT molecular complexity index is 591. The summed E-state index contributed by atoms with van der Waals surface area (Å²) in [5.74, 6) is -0.921. The first-order chi connectivity index (χ1) is 8.08. The van der Waals surface area contributed by atoms with Crippen LogP contribution in [0.5, 0.6) is 0 Å². The van der Waals surface area contributed by atoms with Gasteiger partial charge in [-0.3, -0.25) is 9.59 Å². The Labute approximate surface area is 105 Å². The molecule has 0 atom stereocenters. The van der Waals surface area contributed by atoms with Crippen molar-refractivity contribution in [3.63, 3.8) is 0 Å². The van der Waals surface area contributed by atoms with Gasteiger partial charge in [-0.25, -0.2) is 0 Å². The van der Waals surface area contributed by atoms with Crippen LogP contribution in [0.4, 0.5) is 0 Å². The molecule has 0 aliphatic rings. The largest absolute Gasteiger partial charge is 0.450 e. The number of halogens is 1. The lowest BCUT2D eigenvalue weighted by atomic mass is 10.2. The molecular weight excluding hydrogens is 288 g/mol. The molecule has 0 aliphatic carbocycles. The van der Waals surface area contributed by atoms with Gasteiger partial charge in [-0.1, -0.05) is 12.1 Å². The fourth-order valence-corrected chi connectivity index (χ4v) is 1.86. The van der Waals surface area contributed by atoms with E-state index in [4.69, 9.17) is 10.2 Å². The third-order valence-corrected chi connectivity index (χ3v) is 2.77. The van der Waals surface area contributed by atoms with Crippen molar-refractivity contribution < 1.29 is 14.0 Å². The topological polar surface area (TPSA) is 85.3 Å². The molecular formula is C11H9BrN2O3. The molecule has 3 N–H and O–H groups in total. The number of nitrogens with one attached hydrogen (secondary N) is 1. The first kappa shape index (κ1) is 11.7. The molecule has 1 heterocycles. The second kappa shape index (κ2) is 4.58. The van der Waals surface area contributed by atoms with E-state index in [1.54, 1.807) is 6.07 Å². The van der Waals surface area contributed by atoms with Gasteiger partial charge in [0.1, 0.15) is 5.58 Å². The molecule has 2 rings (SSSR count). The lowest BCUT2D eigenvalue weighted by molar-refractivity contribution is -0.117. The van der Waals surface area contributed by atoms with E-state index < -0.39 is 11.8 Å². The number of fused-ring (bicyclic) bond motifs is 1. The molecule has 5 nitrogen and oxygen atoms in total. The van der Waals surface area contributed by atoms with E-state index in [2.05, 4.69) is 21.2 Å². The molecule has 0 bridgehead atoms. The van der Waals surface area contributed by atoms with E-state index in [-0.39, 0.29) is 12.3 Å². The lowest BCUT2D eigenvalue weighted by Crippen LogP contribution is -2.33. The van der Waals surface area contributed by atoms with Crippen LogP contribution >= 0.6 is 15.9 Å². The van der Waals surface area contributed by atoms with Crippen molar-refractivity contribution >= 4 is 38.7 Å². The zero-order valence-electron chi connectivity index (χ0n) is 8.70. The van der Waals surface area contributed by atoms with E-state index in [1.165, 1.54) is 0 Å². The smallest absolute Gasteiger partial charge is 0.287 e. The zero-order valence-corrected chi connectivity index (χ0v) is 10.3. The quantitative estimate of drug-likeness (QED) is 0.898. The van der Waals surface area contributed by atoms with Crippen molar-refractivity contribution in [1.82, 2.24) is 5.32 Å². The highest BCUT2D eigenvalue weighted by atomic mass is 79.9. The van der Waals surface area contributed by atoms with E-state index in [1.807, 2.05) is 18.2 Å². The van der Waals surface area contributed by atoms with Crippen LogP contribution in [0.3, 0.4) is 0 Å². The monoisotopic (exact) mass is 296 g/mol. The molecule has 2 amide bonds. The molecule has 0 aliphatic heterocycles. The van der Waals surface area contributed by atoms with E-state index in [0.29, 0.717) is 5.58 Å². The molecule has 0 unspecified atom stereocenters. The summed E-state index contributed by atoms with van der Waals surface area (Å²) in [4.78, 5) is 22.1. The van der Waals surface area contributed by atoms with E-state index in [9.17, 15) is 9.59 Å². The highest BCUT2D eigenvalue weighted by Gasteiger charge is 2.13. The summed E-state index contributed by atoms with van der Waals surface area (Å²) in [5.41, 5.74) is 5.52. The third kappa shape index (κ3) is 2.47. The van der Waals surface area contributed by atoms with Crippen LogP contribution in [0.1, 0.15) is 10.6 Å². The minimum Gasteiger partial charge on any atom is -0.450 e. The van der Waals surface area contributed by atoms with Crippen LogP contribution in [0.15, 0.2) is 33.2 Å². The summed E-state index contributed by atoms with van der Waals surface area (Å²) >= 11 is 3.32. The predicted molar refractivity (Wildman–Crippen MR) is 65.4 cm³/mol. The van der Waals surface area contributed by atoms with Gasteiger partial charge in [0.05, 0.1) is 11.0 Å². The average Bonchev–Trinajstić information content (AvgIpc) is 2.71. The van der Waals surface area contributed by atoms with Crippen LogP contribution in [0.25, 0.3) is 11.0 Å². The van der Waals surface area contributed by atoms with Crippen LogP contribution in [0, 0.1) is 0 Å². The Balaban J connectivity index is 2.27. The van der Waals surface area contributed by atoms with Gasteiger partial charge < -0.3 is 15.5 Å². The van der Waals surface area contributed by atoms with Crippen molar-refractivity contribution in [2.75, 3.05) is 6.54 Å². The summed E-state index contributed by atoms with van der Waals surface area (Å²) < 4.78 is 6.15. The standard InChI is InChI=1S/C11H9BrN2O3/c12-7-3-1-2-6-4-8(17-10(6)7)11(16)14-5-9(13)15/h1-4H,5H2,(H2,13,15)(H,14,16). The van der Waals surface area contributed by atoms with E-state index in [0.717, 1.165) is 9.86 Å². The maximum Gasteiger partial charge on any atom is 0.287 e.